The van der Waals surface area contributed by atoms with Gasteiger partial charge in [-0.1, -0.05) is 20.8 Å². The Morgan fingerprint density at radius 3 is 2.43 bits per heavy atom. The van der Waals surface area contributed by atoms with Gasteiger partial charge in [-0.2, -0.15) is 18.4 Å². The van der Waals surface area contributed by atoms with E-state index in [2.05, 4.69) is 10.1 Å². The van der Waals surface area contributed by atoms with E-state index < -0.39 is 17.3 Å². The van der Waals surface area contributed by atoms with Crippen LogP contribution in [0.5, 0.6) is 0 Å². The van der Waals surface area contributed by atoms with Crippen molar-refractivity contribution in [3.05, 3.63) is 23.0 Å². The zero-order chi connectivity index (χ0) is 15.9. The van der Waals surface area contributed by atoms with Crippen LogP contribution in [0.4, 0.5) is 19.1 Å². The molecular formula is C13H14F3N5. The number of alkyl halides is 3. The highest BCUT2D eigenvalue weighted by Gasteiger charge is 2.40. The first-order chi connectivity index (χ1) is 9.68. The molecule has 0 aliphatic carbocycles. The molecule has 0 aromatic carbocycles. The number of rotatable bonds is 2. The summed E-state index contributed by atoms with van der Waals surface area (Å²) < 4.78 is 41.0. The zero-order valence-electron chi connectivity index (χ0n) is 11.7. The summed E-state index contributed by atoms with van der Waals surface area (Å²) >= 11 is 0. The highest BCUT2D eigenvalue weighted by atomic mass is 19.4. The van der Waals surface area contributed by atoms with Crippen molar-refractivity contribution in [3.63, 3.8) is 0 Å². The minimum absolute atomic E-state index is 0.0347. The summed E-state index contributed by atoms with van der Waals surface area (Å²) in [6.45, 7) is 5.48. The fourth-order valence-electron chi connectivity index (χ4n) is 2.22. The van der Waals surface area contributed by atoms with Gasteiger partial charge in [0.15, 0.2) is 0 Å². The largest absolute Gasteiger partial charge is 0.419 e. The van der Waals surface area contributed by atoms with Crippen LogP contribution in [-0.2, 0) is 6.18 Å². The molecule has 1 atom stereocenters. The molecule has 2 aromatic rings. The average Bonchev–Trinajstić information content (AvgIpc) is 2.70. The molecule has 2 heterocycles. The number of nitriles is 1. The van der Waals surface area contributed by atoms with E-state index in [9.17, 15) is 18.4 Å². The number of nitrogen functional groups attached to an aromatic ring is 1. The number of nitrogens with zero attached hydrogens (tertiary/aromatic N) is 4. The first kappa shape index (κ1) is 15.1. The fraction of sp³-hybridized carbons (Fsp3) is 0.462. The molecule has 1 unspecified atom stereocenters. The normalized spacial score (nSPS) is 13.6. The molecular weight excluding hydrogens is 283 g/mol. The molecule has 0 aliphatic heterocycles. The molecule has 21 heavy (non-hydrogen) atoms. The number of fused-ring (bicyclic) bond motifs is 1. The van der Waals surface area contributed by atoms with Crippen LogP contribution in [0.2, 0.25) is 0 Å². The maximum absolute atomic E-state index is 13.3. The summed E-state index contributed by atoms with van der Waals surface area (Å²) in [4.78, 5) is 3.61. The van der Waals surface area contributed by atoms with E-state index in [1.54, 1.807) is 13.0 Å². The molecule has 0 saturated heterocycles. The summed E-state index contributed by atoms with van der Waals surface area (Å²) in [5.74, 6) is -0.405. The molecule has 2 aromatic heterocycles. The predicted molar refractivity (Wildman–Crippen MR) is 70.4 cm³/mol. The Hall–Kier alpha value is -2.30. The van der Waals surface area contributed by atoms with Gasteiger partial charge in [0.25, 0.3) is 0 Å². The third-order valence-electron chi connectivity index (χ3n) is 3.57. The standard InChI is InChI=1S/C13H14F3N5/c1-6(2)7(3)11-8(4-17)10(13(14,15)16)9-5-19-12(18)20-21(9)11/h5-7H,1-3H3,(H2,18,20). The Bertz CT molecular complexity index is 724. The van der Waals surface area contributed by atoms with E-state index in [0.29, 0.717) is 0 Å². The van der Waals surface area contributed by atoms with Crippen LogP contribution in [0.1, 0.15) is 43.5 Å². The second-order valence-corrected chi connectivity index (χ2v) is 5.19. The number of nitrogens with two attached hydrogens (primary N) is 1. The Morgan fingerprint density at radius 2 is 1.95 bits per heavy atom. The third-order valence-corrected chi connectivity index (χ3v) is 3.57. The van der Waals surface area contributed by atoms with E-state index in [1.807, 2.05) is 13.8 Å². The molecule has 0 radical (unpaired) electrons. The lowest BCUT2D eigenvalue weighted by molar-refractivity contribution is -0.136. The quantitative estimate of drug-likeness (QED) is 0.924. The number of anilines is 1. The monoisotopic (exact) mass is 297 g/mol. The number of hydrogen-bond acceptors (Lipinski definition) is 4. The van der Waals surface area contributed by atoms with Crippen LogP contribution < -0.4 is 5.73 Å². The minimum atomic E-state index is -4.66. The van der Waals surface area contributed by atoms with E-state index in [4.69, 9.17) is 5.73 Å². The van der Waals surface area contributed by atoms with Gasteiger partial charge in [0.1, 0.15) is 11.6 Å². The summed E-state index contributed by atoms with van der Waals surface area (Å²) in [7, 11) is 0. The summed E-state index contributed by atoms with van der Waals surface area (Å²) in [5.41, 5.74) is 4.01. The molecule has 8 heteroatoms. The Labute approximate surface area is 119 Å². The van der Waals surface area contributed by atoms with E-state index >= 15 is 0 Å². The molecule has 0 bridgehead atoms. The van der Waals surface area contributed by atoms with Crippen molar-refractivity contribution in [2.24, 2.45) is 5.92 Å². The molecule has 0 aliphatic rings. The van der Waals surface area contributed by atoms with E-state index in [0.717, 1.165) is 10.7 Å². The predicted octanol–water partition coefficient (Wildman–Crippen LogP) is 2.96. The maximum atomic E-state index is 13.3. The lowest BCUT2D eigenvalue weighted by Crippen LogP contribution is -2.10. The van der Waals surface area contributed by atoms with Crippen LogP contribution in [0.15, 0.2) is 6.20 Å². The SMILES string of the molecule is CC(C)C(C)c1c(C#N)c(C(F)(F)F)c2cnc(N)nn12. The number of halogens is 3. The van der Waals surface area contributed by atoms with Crippen LogP contribution >= 0.6 is 0 Å². The van der Waals surface area contributed by atoms with Gasteiger partial charge in [-0.05, 0) is 5.92 Å². The van der Waals surface area contributed by atoms with Gasteiger partial charge in [-0.25, -0.2) is 9.50 Å². The Morgan fingerprint density at radius 1 is 1.33 bits per heavy atom. The summed E-state index contributed by atoms with van der Waals surface area (Å²) in [5, 5.41) is 13.1. The number of hydrogen-bond donors (Lipinski definition) is 1. The fourth-order valence-corrected chi connectivity index (χ4v) is 2.22. The van der Waals surface area contributed by atoms with Gasteiger partial charge in [0, 0.05) is 5.92 Å². The highest BCUT2D eigenvalue weighted by molar-refractivity contribution is 5.66. The Kier molecular flexibility index (Phi) is 3.53. The first-order valence-electron chi connectivity index (χ1n) is 6.32. The van der Waals surface area contributed by atoms with Crippen molar-refractivity contribution >= 4 is 11.5 Å². The van der Waals surface area contributed by atoms with E-state index in [1.165, 1.54) is 0 Å². The average molecular weight is 297 g/mol. The van der Waals surface area contributed by atoms with Gasteiger partial charge < -0.3 is 5.73 Å². The van der Waals surface area contributed by atoms with Gasteiger partial charge in [-0.3, -0.25) is 0 Å². The maximum Gasteiger partial charge on any atom is 0.419 e. The molecule has 0 saturated carbocycles. The summed E-state index contributed by atoms with van der Waals surface area (Å²) in [6, 6.07) is 1.67. The molecule has 0 amide bonds. The van der Waals surface area contributed by atoms with Crippen LogP contribution in [-0.4, -0.2) is 14.6 Å². The lowest BCUT2D eigenvalue weighted by Gasteiger charge is -2.15. The third kappa shape index (κ3) is 2.39. The smallest absolute Gasteiger partial charge is 0.367 e. The second kappa shape index (κ2) is 4.91. The Balaban J connectivity index is 2.96. The van der Waals surface area contributed by atoms with E-state index in [-0.39, 0.29) is 29.0 Å². The van der Waals surface area contributed by atoms with Crippen molar-refractivity contribution in [1.29, 1.82) is 5.26 Å². The van der Waals surface area contributed by atoms with Crippen molar-refractivity contribution < 1.29 is 13.2 Å². The molecule has 112 valence electrons. The van der Waals surface area contributed by atoms with Gasteiger partial charge in [0.05, 0.1) is 23.0 Å². The summed E-state index contributed by atoms with van der Waals surface area (Å²) in [6.07, 6.45) is -3.66. The molecule has 2 rings (SSSR count). The van der Waals surface area contributed by atoms with Gasteiger partial charge in [-0.15, -0.1) is 5.10 Å². The van der Waals surface area contributed by atoms with Crippen LogP contribution in [0.3, 0.4) is 0 Å². The van der Waals surface area contributed by atoms with Gasteiger partial charge in [0.2, 0.25) is 5.95 Å². The van der Waals surface area contributed by atoms with Crippen molar-refractivity contribution in [2.45, 2.75) is 32.9 Å². The lowest BCUT2D eigenvalue weighted by atomic mass is 9.91. The van der Waals surface area contributed by atoms with Crippen molar-refractivity contribution in [2.75, 3.05) is 5.73 Å². The topological polar surface area (TPSA) is 80.0 Å². The van der Waals surface area contributed by atoms with Crippen molar-refractivity contribution in [3.8, 4) is 6.07 Å². The second-order valence-electron chi connectivity index (χ2n) is 5.19. The van der Waals surface area contributed by atoms with Crippen LogP contribution in [0.25, 0.3) is 5.52 Å². The van der Waals surface area contributed by atoms with Gasteiger partial charge >= 0.3 is 6.18 Å². The molecule has 0 spiro atoms. The van der Waals surface area contributed by atoms with Crippen LogP contribution in [0, 0.1) is 17.2 Å². The first-order valence-corrected chi connectivity index (χ1v) is 6.32. The molecule has 2 N–H and O–H groups in total. The number of aromatic nitrogens is 3. The zero-order valence-corrected chi connectivity index (χ0v) is 11.7. The molecule has 0 fully saturated rings. The highest BCUT2D eigenvalue weighted by Crippen LogP contribution is 2.40. The minimum Gasteiger partial charge on any atom is -0.367 e. The molecule has 5 nitrogen and oxygen atoms in total. The van der Waals surface area contributed by atoms with Crippen molar-refractivity contribution in [1.82, 2.24) is 14.6 Å².